The minimum atomic E-state index is -0.641. The zero-order chi connectivity index (χ0) is 20.4. The van der Waals surface area contributed by atoms with E-state index in [0.717, 1.165) is 11.0 Å². The van der Waals surface area contributed by atoms with Crippen LogP contribution in [-0.2, 0) is 4.74 Å². The number of anilines is 1. The molecule has 2 amide bonds. The molecule has 28 heavy (non-hydrogen) atoms. The van der Waals surface area contributed by atoms with Crippen molar-refractivity contribution in [2.75, 3.05) is 11.5 Å². The molecule has 8 nitrogen and oxygen atoms in total. The summed E-state index contributed by atoms with van der Waals surface area (Å²) in [5, 5.41) is 11.0. The van der Waals surface area contributed by atoms with E-state index in [0.29, 0.717) is 12.3 Å². The second-order valence-corrected chi connectivity index (χ2v) is 6.80. The van der Waals surface area contributed by atoms with Gasteiger partial charge in [-0.25, -0.2) is 9.69 Å². The van der Waals surface area contributed by atoms with E-state index < -0.39 is 22.7 Å². The molecule has 8 heteroatoms. The highest BCUT2D eigenvalue weighted by atomic mass is 16.6. The predicted octanol–water partition coefficient (Wildman–Crippen LogP) is 3.60. The Morgan fingerprint density at radius 1 is 1.11 bits per heavy atom. The summed E-state index contributed by atoms with van der Waals surface area (Å²) in [6.07, 6.45) is 0.717. The smallest absolute Gasteiger partial charge is 0.338 e. The van der Waals surface area contributed by atoms with Crippen LogP contribution in [0.5, 0.6) is 0 Å². The van der Waals surface area contributed by atoms with Crippen LogP contribution in [0.1, 0.15) is 51.3 Å². The molecule has 0 unspecified atom stereocenters. The molecule has 2 aromatic rings. The Kier molecular flexibility index (Phi) is 5.21. The lowest BCUT2D eigenvalue weighted by Gasteiger charge is -2.13. The first kappa shape index (κ1) is 19.2. The van der Waals surface area contributed by atoms with Gasteiger partial charge >= 0.3 is 5.97 Å². The molecule has 144 valence electrons. The maximum absolute atomic E-state index is 12.8. The summed E-state index contributed by atoms with van der Waals surface area (Å²) in [4.78, 5) is 48.8. The Balaban J connectivity index is 1.87. The summed E-state index contributed by atoms with van der Waals surface area (Å²) >= 11 is 0. The maximum Gasteiger partial charge on any atom is 0.338 e. The number of esters is 1. The zero-order valence-corrected chi connectivity index (χ0v) is 15.4. The molecule has 0 spiro atoms. The second-order valence-electron chi connectivity index (χ2n) is 6.80. The molecular formula is C20H18N2O6. The highest BCUT2D eigenvalue weighted by Crippen LogP contribution is 2.31. The Morgan fingerprint density at radius 3 is 2.50 bits per heavy atom. The molecule has 0 saturated carbocycles. The maximum atomic E-state index is 12.8. The normalized spacial score (nSPS) is 13.0. The van der Waals surface area contributed by atoms with Crippen LogP contribution in [0, 0.1) is 16.0 Å². The Hall–Kier alpha value is -3.55. The third kappa shape index (κ3) is 3.62. The Bertz CT molecular complexity index is 982. The van der Waals surface area contributed by atoms with Crippen molar-refractivity contribution in [1.82, 2.24) is 0 Å². The van der Waals surface area contributed by atoms with Crippen LogP contribution < -0.4 is 4.90 Å². The van der Waals surface area contributed by atoms with Crippen molar-refractivity contribution < 1.29 is 24.0 Å². The summed E-state index contributed by atoms with van der Waals surface area (Å²) in [5.74, 6) is -1.43. The van der Waals surface area contributed by atoms with Crippen molar-refractivity contribution >= 4 is 29.2 Å². The number of rotatable bonds is 6. The molecule has 0 atom stereocenters. The SMILES string of the molecule is CC(C)CCOC(=O)c1ccc2c(c1)C(=O)N(c1cccc([N+](=O)[O-])c1)C2=O. The number of fused-ring (bicyclic) bond motifs is 1. The number of nitrogens with zero attached hydrogens (tertiary/aromatic N) is 2. The first-order valence-electron chi connectivity index (χ1n) is 8.74. The minimum absolute atomic E-state index is 0.0646. The van der Waals surface area contributed by atoms with Gasteiger partial charge in [-0.15, -0.1) is 0 Å². The Morgan fingerprint density at radius 2 is 1.82 bits per heavy atom. The molecule has 0 aliphatic carbocycles. The number of benzene rings is 2. The monoisotopic (exact) mass is 382 g/mol. The summed E-state index contributed by atoms with van der Waals surface area (Å²) in [5.41, 5.74) is 0.236. The van der Waals surface area contributed by atoms with Gasteiger partial charge < -0.3 is 4.74 Å². The van der Waals surface area contributed by atoms with Crippen molar-refractivity contribution in [3.63, 3.8) is 0 Å². The lowest BCUT2D eigenvalue weighted by Crippen LogP contribution is -2.29. The fraction of sp³-hybridized carbons (Fsp3) is 0.250. The third-order valence-corrected chi connectivity index (χ3v) is 4.35. The average Bonchev–Trinajstić information content (AvgIpc) is 2.91. The van der Waals surface area contributed by atoms with Gasteiger partial charge in [0.25, 0.3) is 17.5 Å². The number of amides is 2. The van der Waals surface area contributed by atoms with E-state index in [2.05, 4.69) is 0 Å². The van der Waals surface area contributed by atoms with E-state index in [9.17, 15) is 24.5 Å². The van der Waals surface area contributed by atoms with Gasteiger partial charge in [0, 0.05) is 12.1 Å². The molecule has 2 aromatic carbocycles. The third-order valence-electron chi connectivity index (χ3n) is 4.35. The van der Waals surface area contributed by atoms with Gasteiger partial charge in [0.05, 0.1) is 33.9 Å². The van der Waals surface area contributed by atoms with Crippen LogP contribution in [0.3, 0.4) is 0 Å². The van der Waals surface area contributed by atoms with Crippen LogP contribution >= 0.6 is 0 Å². The lowest BCUT2D eigenvalue weighted by molar-refractivity contribution is -0.384. The average molecular weight is 382 g/mol. The number of carbonyl (C=O) groups is 3. The van der Waals surface area contributed by atoms with Crippen molar-refractivity contribution in [1.29, 1.82) is 0 Å². The second kappa shape index (κ2) is 7.59. The number of nitro benzene ring substituents is 1. The van der Waals surface area contributed by atoms with Crippen LogP contribution in [0.2, 0.25) is 0 Å². The van der Waals surface area contributed by atoms with E-state index in [1.807, 2.05) is 13.8 Å². The van der Waals surface area contributed by atoms with Gasteiger partial charge in [0.2, 0.25) is 0 Å². The fourth-order valence-corrected chi connectivity index (χ4v) is 2.82. The summed E-state index contributed by atoms with van der Waals surface area (Å²) in [6, 6.07) is 9.41. The van der Waals surface area contributed by atoms with Crippen molar-refractivity contribution in [3.8, 4) is 0 Å². The number of carbonyl (C=O) groups excluding carboxylic acids is 3. The molecule has 1 aliphatic rings. The zero-order valence-electron chi connectivity index (χ0n) is 15.4. The van der Waals surface area contributed by atoms with Crippen LogP contribution in [0.25, 0.3) is 0 Å². The molecule has 0 N–H and O–H groups in total. The van der Waals surface area contributed by atoms with Gasteiger partial charge in [-0.2, -0.15) is 0 Å². The van der Waals surface area contributed by atoms with E-state index in [1.165, 1.54) is 36.4 Å². The molecule has 0 fully saturated rings. The van der Waals surface area contributed by atoms with Crippen LogP contribution in [0.4, 0.5) is 11.4 Å². The fourth-order valence-electron chi connectivity index (χ4n) is 2.82. The number of hydrogen-bond acceptors (Lipinski definition) is 6. The summed E-state index contributed by atoms with van der Waals surface area (Å²) in [7, 11) is 0. The van der Waals surface area contributed by atoms with Crippen molar-refractivity contribution in [3.05, 3.63) is 69.3 Å². The van der Waals surface area contributed by atoms with E-state index >= 15 is 0 Å². The molecule has 0 bridgehead atoms. The topological polar surface area (TPSA) is 107 Å². The van der Waals surface area contributed by atoms with Gasteiger partial charge in [-0.3, -0.25) is 19.7 Å². The number of nitro groups is 1. The van der Waals surface area contributed by atoms with Gasteiger partial charge in [-0.1, -0.05) is 19.9 Å². The lowest BCUT2D eigenvalue weighted by atomic mass is 10.1. The van der Waals surface area contributed by atoms with E-state index in [1.54, 1.807) is 0 Å². The number of non-ortho nitro benzene ring substituents is 1. The molecular weight excluding hydrogens is 364 g/mol. The summed E-state index contributed by atoms with van der Waals surface area (Å²) in [6.45, 7) is 4.28. The highest BCUT2D eigenvalue weighted by Gasteiger charge is 2.37. The minimum Gasteiger partial charge on any atom is -0.462 e. The van der Waals surface area contributed by atoms with E-state index in [-0.39, 0.29) is 34.7 Å². The Labute approximate surface area is 160 Å². The van der Waals surface area contributed by atoms with Crippen LogP contribution in [-0.4, -0.2) is 29.3 Å². The number of imide groups is 1. The van der Waals surface area contributed by atoms with Crippen molar-refractivity contribution in [2.24, 2.45) is 5.92 Å². The van der Waals surface area contributed by atoms with Gasteiger partial charge in [-0.05, 0) is 36.6 Å². The molecule has 0 aromatic heterocycles. The molecule has 0 saturated heterocycles. The first-order chi connectivity index (χ1) is 13.3. The van der Waals surface area contributed by atoms with E-state index in [4.69, 9.17) is 4.74 Å². The molecule has 1 heterocycles. The van der Waals surface area contributed by atoms with Gasteiger partial charge in [0.1, 0.15) is 0 Å². The van der Waals surface area contributed by atoms with Crippen molar-refractivity contribution in [2.45, 2.75) is 20.3 Å². The molecule has 3 rings (SSSR count). The number of ether oxygens (including phenoxy) is 1. The van der Waals surface area contributed by atoms with Crippen LogP contribution in [0.15, 0.2) is 42.5 Å². The van der Waals surface area contributed by atoms with Gasteiger partial charge in [0.15, 0.2) is 0 Å². The first-order valence-corrected chi connectivity index (χ1v) is 8.74. The largest absolute Gasteiger partial charge is 0.462 e. The number of hydrogen-bond donors (Lipinski definition) is 0. The summed E-state index contributed by atoms with van der Waals surface area (Å²) < 4.78 is 5.19. The molecule has 0 radical (unpaired) electrons. The highest BCUT2D eigenvalue weighted by molar-refractivity contribution is 6.34. The predicted molar refractivity (Wildman–Crippen MR) is 100 cm³/mol. The molecule has 1 aliphatic heterocycles. The quantitative estimate of drug-likeness (QED) is 0.327. The standard InChI is InChI=1S/C20H18N2O6/c1-12(2)8-9-28-20(25)13-6-7-16-17(10-13)19(24)21(18(16)23)14-4-3-5-15(11-14)22(26)27/h3-7,10-12H,8-9H2,1-2H3.